The fraction of sp³-hybridized carbons (Fsp3) is 0.875. The molecule has 2 saturated carbocycles. The Bertz CT molecular complexity index is 424. The van der Waals surface area contributed by atoms with Gasteiger partial charge in [-0.15, -0.1) is 0 Å². The van der Waals surface area contributed by atoms with E-state index in [4.69, 9.17) is 0 Å². The third-order valence-corrected chi connectivity index (χ3v) is 5.55. The number of hydrogen-bond acceptors (Lipinski definition) is 2. The Hall–Kier alpha value is -1.06. The molecule has 0 aromatic heterocycles. The summed E-state index contributed by atoms with van der Waals surface area (Å²) in [4.78, 5) is 26.9. The van der Waals surface area contributed by atoms with E-state index in [9.17, 15) is 9.59 Å². The van der Waals surface area contributed by atoms with Gasteiger partial charge in [0.15, 0.2) is 0 Å². The molecule has 1 atom stereocenters. The molecule has 2 amide bonds. The molecule has 1 spiro atoms. The standard InChI is InChI=1S/C16H26N2O2/c1-15(2)10-12(15)11-18-9-6-13(19)17-16(14(18)20)7-4-3-5-8-16/h12H,3-11H2,1-2H3,(H,17,19). The minimum absolute atomic E-state index is 0.0535. The van der Waals surface area contributed by atoms with Crippen molar-refractivity contribution in [2.45, 2.75) is 64.3 Å². The normalized spacial score (nSPS) is 31.9. The van der Waals surface area contributed by atoms with E-state index in [0.29, 0.717) is 24.3 Å². The van der Waals surface area contributed by atoms with Crippen LogP contribution in [-0.4, -0.2) is 35.3 Å². The lowest BCUT2D eigenvalue weighted by molar-refractivity contribution is -0.140. The van der Waals surface area contributed by atoms with Crippen LogP contribution in [0.4, 0.5) is 0 Å². The van der Waals surface area contributed by atoms with Gasteiger partial charge in [-0.3, -0.25) is 9.59 Å². The second kappa shape index (κ2) is 4.74. The lowest BCUT2D eigenvalue weighted by Gasteiger charge is -2.38. The SMILES string of the molecule is CC1(C)CC1CN1CCC(=O)NC2(CCCCC2)C1=O. The predicted octanol–water partition coefficient (Wildman–Crippen LogP) is 2.08. The molecular formula is C16H26N2O2. The summed E-state index contributed by atoms with van der Waals surface area (Å²) in [6.07, 6.45) is 6.58. The van der Waals surface area contributed by atoms with E-state index in [0.717, 1.165) is 32.2 Å². The molecule has 20 heavy (non-hydrogen) atoms. The minimum Gasteiger partial charge on any atom is -0.342 e. The van der Waals surface area contributed by atoms with Crippen molar-refractivity contribution in [3.05, 3.63) is 0 Å². The Balaban J connectivity index is 1.76. The van der Waals surface area contributed by atoms with Crippen molar-refractivity contribution in [1.29, 1.82) is 0 Å². The van der Waals surface area contributed by atoms with E-state index in [1.807, 2.05) is 4.90 Å². The molecule has 2 aliphatic carbocycles. The van der Waals surface area contributed by atoms with E-state index < -0.39 is 5.54 Å². The van der Waals surface area contributed by atoms with Crippen molar-refractivity contribution in [3.8, 4) is 0 Å². The molecule has 1 unspecified atom stereocenters. The molecule has 0 radical (unpaired) electrons. The van der Waals surface area contributed by atoms with Crippen LogP contribution in [0.5, 0.6) is 0 Å². The third-order valence-electron chi connectivity index (χ3n) is 5.55. The first kappa shape index (κ1) is 13.9. The Morgan fingerprint density at radius 1 is 1.20 bits per heavy atom. The van der Waals surface area contributed by atoms with Crippen LogP contribution in [0.1, 0.15) is 58.8 Å². The van der Waals surface area contributed by atoms with Gasteiger partial charge in [0.25, 0.3) is 0 Å². The van der Waals surface area contributed by atoms with E-state index in [1.165, 1.54) is 12.8 Å². The Morgan fingerprint density at radius 3 is 2.45 bits per heavy atom. The van der Waals surface area contributed by atoms with Crippen LogP contribution in [0.2, 0.25) is 0 Å². The van der Waals surface area contributed by atoms with E-state index in [2.05, 4.69) is 19.2 Å². The van der Waals surface area contributed by atoms with Crippen LogP contribution in [-0.2, 0) is 9.59 Å². The van der Waals surface area contributed by atoms with Gasteiger partial charge in [0, 0.05) is 19.5 Å². The van der Waals surface area contributed by atoms with Crippen molar-refractivity contribution >= 4 is 11.8 Å². The van der Waals surface area contributed by atoms with Gasteiger partial charge in [-0.05, 0) is 30.6 Å². The second-order valence-electron chi connectivity index (χ2n) is 7.58. The highest BCUT2D eigenvalue weighted by atomic mass is 16.2. The van der Waals surface area contributed by atoms with Crippen molar-refractivity contribution < 1.29 is 9.59 Å². The first-order valence-corrected chi connectivity index (χ1v) is 8.03. The van der Waals surface area contributed by atoms with Crippen LogP contribution >= 0.6 is 0 Å². The molecule has 4 nitrogen and oxygen atoms in total. The maximum atomic E-state index is 13.0. The van der Waals surface area contributed by atoms with E-state index in [1.54, 1.807) is 0 Å². The van der Waals surface area contributed by atoms with Gasteiger partial charge in [0.2, 0.25) is 11.8 Å². The van der Waals surface area contributed by atoms with Gasteiger partial charge in [-0.25, -0.2) is 0 Å². The zero-order valence-corrected chi connectivity index (χ0v) is 12.7. The number of rotatable bonds is 2. The van der Waals surface area contributed by atoms with Crippen molar-refractivity contribution in [2.75, 3.05) is 13.1 Å². The number of nitrogens with one attached hydrogen (secondary N) is 1. The molecule has 4 heteroatoms. The average molecular weight is 278 g/mol. The van der Waals surface area contributed by atoms with Gasteiger partial charge in [0.1, 0.15) is 5.54 Å². The van der Waals surface area contributed by atoms with Crippen molar-refractivity contribution in [1.82, 2.24) is 10.2 Å². The van der Waals surface area contributed by atoms with Crippen LogP contribution in [0.15, 0.2) is 0 Å². The first-order valence-electron chi connectivity index (χ1n) is 8.03. The average Bonchev–Trinajstić information content (AvgIpc) is 3.03. The van der Waals surface area contributed by atoms with Gasteiger partial charge in [0.05, 0.1) is 0 Å². The van der Waals surface area contributed by atoms with E-state index in [-0.39, 0.29) is 11.8 Å². The van der Waals surface area contributed by atoms with E-state index >= 15 is 0 Å². The molecular weight excluding hydrogens is 252 g/mol. The maximum absolute atomic E-state index is 13.0. The lowest BCUT2D eigenvalue weighted by Crippen LogP contribution is -2.58. The zero-order valence-electron chi connectivity index (χ0n) is 12.7. The Morgan fingerprint density at radius 2 is 1.85 bits per heavy atom. The topological polar surface area (TPSA) is 49.4 Å². The largest absolute Gasteiger partial charge is 0.342 e. The number of carbonyl (C=O) groups excluding carboxylic acids is 2. The molecule has 112 valence electrons. The fourth-order valence-corrected chi connectivity index (χ4v) is 3.85. The quantitative estimate of drug-likeness (QED) is 0.841. The van der Waals surface area contributed by atoms with Gasteiger partial charge < -0.3 is 10.2 Å². The minimum atomic E-state index is -0.579. The monoisotopic (exact) mass is 278 g/mol. The number of nitrogens with zero attached hydrogens (tertiary/aromatic N) is 1. The summed E-state index contributed by atoms with van der Waals surface area (Å²) in [5, 5.41) is 3.06. The first-order chi connectivity index (χ1) is 9.43. The summed E-state index contributed by atoms with van der Waals surface area (Å²) in [5.41, 5.74) is -0.200. The van der Waals surface area contributed by atoms with Crippen molar-refractivity contribution in [2.24, 2.45) is 11.3 Å². The number of carbonyl (C=O) groups is 2. The molecule has 0 bridgehead atoms. The molecule has 3 fully saturated rings. The third kappa shape index (κ3) is 2.45. The summed E-state index contributed by atoms with van der Waals surface area (Å²) in [5.74, 6) is 0.851. The molecule has 0 aromatic rings. The summed E-state index contributed by atoms with van der Waals surface area (Å²) in [7, 11) is 0. The maximum Gasteiger partial charge on any atom is 0.248 e. The molecule has 0 aromatic carbocycles. The summed E-state index contributed by atoms with van der Waals surface area (Å²) >= 11 is 0. The Labute approximate surface area is 121 Å². The van der Waals surface area contributed by atoms with Gasteiger partial charge >= 0.3 is 0 Å². The van der Waals surface area contributed by atoms with Gasteiger partial charge in [-0.2, -0.15) is 0 Å². The number of amides is 2. The van der Waals surface area contributed by atoms with Crippen LogP contribution in [0.3, 0.4) is 0 Å². The van der Waals surface area contributed by atoms with Gasteiger partial charge in [-0.1, -0.05) is 33.1 Å². The highest BCUT2D eigenvalue weighted by molar-refractivity contribution is 5.93. The van der Waals surface area contributed by atoms with Crippen LogP contribution in [0, 0.1) is 11.3 Å². The highest BCUT2D eigenvalue weighted by Gasteiger charge is 2.50. The van der Waals surface area contributed by atoms with Crippen molar-refractivity contribution in [3.63, 3.8) is 0 Å². The second-order valence-corrected chi connectivity index (χ2v) is 7.58. The summed E-state index contributed by atoms with van der Waals surface area (Å²) in [6.45, 7) is 5.96. The van der Waals surface area contributed by atoms with Crippen LogP contribution in [0.25, 0.3) is 0 Å². The molecule has 1 saturated heterocycles. The fourth-order valence-electron chi connectivity index (χ4n) is 3.85. The smallest absolute Gasteiger partial charge is 0.248 e. The molecule has 1 heterocycles. The molecule has 1 aliphatic heterocycles. The highest BCUT2D eigenvalue weighted by Crippen LogP contribution is 2.52. The Kier molecular flexibility index (Phi) is 3.30. The summed E-state index contributed by atoms with van der Waals surface area (Å²) < 4.78 is 0. The zero-order chi connectivity index (χ0) is 14.4. The predicted molar refractivity (Wildman–Crippen MR) is 77.0 cm³/mol. The molecule has 3 aliphatic rings. The molecule has 1 N–H and O–H groups in total. The molecule has 3 rings (SSSR count). The summed E-state index contributed by atoms with van der Waals surface area (Å²) in [6, 6.07) is 0. The number of hydrogen-bond donors (Lipinski definition) is 1. The lowest BCUT2D eigenvalue weighted by atomic mass is 9.80. The van der Waals surface area contributed by atoms with Crippen LogP contribution < -0.4 is 5.32 Å².